The quantitative estimate of drug-likeness (QED) is 0.693. The Labute approximate surface area is 174 Å². The number of nitrogens with zero attached hydrogens (tertiary/aromatic N) is 1. The van der Waals surface area contributed by atoms with Gasteiger partial charge in [0.1, 0.15) is 12.4 Å². The van der Waals surface area contributed by atoms with Crippen LogP contribution in [0.3, 0.4) is 0 Å². The van der Waals surface area contributed by atoms with Crippen molar-refractivity contribution in [1.82, 2.24) is 4.90 Å². The molecule has 1 aliphatic rings. The lowest BCUT2D eigenvalue weighted by molar-refractivity contribution is -0.125. The van der Waals surface area contributed by atoms with Gasteiger partial charge in [0.05, 0.1) is 5.41 Å². The summed E-state index contributed by atoms with van der Waals surface area (Å²) < 4.78 is 11.4. The average molecular weight is 397 g/mol. The third-order valence-corrected chi connectivity index (χ3v) is 5.79. The maximum Gasteiger partial charge on any atom is 0.235 e. The smallest absolute Gasteiger partial charge is 0.235 e. The number of carbonyl (C=O) groups excluding carboxylic acids is 1. The molecule has 1 N–H and O–H groups in total. The van der Waals surface area contributed by atoms with Gasteiger partial charge in [-0.25, -0.2) is 0 Å². The van der Waals surface area contributed by atoms with Gasteiger partial charge >= 0.3 is 0 Å². The van der Waals surface area contributed by atoms with Gasteiger partial charge in [0, 0.05) is 25.4 Å². The highest BCUT2D eigenvalue weighted by molar-refractivity contribution is 5.99. The molecular formula is C24H32N2O3. The zero-order valence-electron chi connectivity index (χ0n) is 17.5. The lowest BCUT2D eigenvalue weighted by Crippen LogP contribution is -2.44. The first kappa shape index (κ1) is 21.3. The summed E-state index contributed by atoms with van der Waals surface area (Å²) in [6.45, 7) is 9.13. The van der Waals surface area contributed by atoms with Crippen LogP contribution in [0.4, 0.5) is 5.69 Å². The highest BCUT2D eigenvalue weighted by Crippen LogP contribution is 2.36. The zero-order chi connectivity index (χ0) is 20.5. The van der Waals surface area contributed by atoms with Crippen LogP contribution in [-0.2, 0) is 14.9 Å². The molecule has 1 amide bonds. The van der Waals surface area contributed by atoms with Gasteiger partial charge in [-0.1, -0.05) is 44.2 Å². The molecule has 2 aromatic carbocycles. The molecule has 5 heteroatoms. The lowest BCUT2D eigenvalue weighted by Gasteiger charge is -2.36. The second kappa shape index (κ2) is 10.4. The zero-order valence-corrected chi connectivity index (χ0v) is 17.5. The Morgan fingerprint density at radius 3 is 2.31 bits per heavy atom. The van der Waals surface area contributed by atoms with Crippen LogP contribution in [0.5, 0.6) is 5.75 Å². The van der Waals surface area contributed by atoms with Crippen molar-refractivity contribution in [1.29, 1.82) is 0 Å². The van der Waals surface area contributed by atoms with Crippen LogP contribution in [0.1, 0.15) is 32.3 Å². The lowest BCUT2D eigenvalue weighted by atomic mass is 9.73. The number of anilines is 1. The van der Waals surface area contributed by atoms with Crippen LogP contribution in [0, 0.1) is 0 Å². The van der Waals surface area contributed by atoms with E-state index in [9.17, 15) is 4.79 Å². The molecule has 0 unspecified atom stereocenters. The van der Waals surface area contributed by atoms with Gasteiger partial charge < -0.3 is 19.7 Å². The Bertz CT molecular complexity index is 751. The number of likely N-dealkylation sites (N-methyl/N-ethyl adjacent to an activating group) is 1. The summed E-state index contributed by atoms with van der Waals surface area (Å²) in [5.41, 5.74) is 1.29. The molecule has 1 fully saturated rings. The molecule has 0 radical (unpaired) electrons. The van der Waals surface area contributed by atoms with E-state index < -0.39 is 5.41 Å². The fraction of sp³-hybridized carbons (Fsp3) is 0.458. The number of amides is 1. The van der Waals surface area contributed by atoms with E-state index in [0.29, 0.717) is 32.7 Å². The molecule has 5 nitrogen and oxygen atoms in total. The summed E-state index contributed by atoms with van der Waals surface area (Å²) in [5.74, 6) is 0.848. The van der Waals surface area contributed by atoms with Crippen molar-refractivity contribution >= 4 is 11.6 Å². The first-order valence-corrected chi connectivity index (χ1v) is 10.6. The van der Waals surface area contributed by atoms with Gasteiger partial charge in [0.25, 0.3) is 0 Å². The predicted octanol–water partition coefficient (Wildman–Crippen LogP) is 4.09. The van der Waals surface area contributed by atoms with Crippen LogP contribution in [-0.4, -0.2) is 50.3 Å². The molecule has 0 spiro atoms. The van der Waals surface area contributed by atoms with Gasteiger partial charge in [-0.3, -0.25) is 4.79 Å². The van der Waals surface area contributed by atoms with Crippen molar-refractivity contribution in [3.05, 3.63) is 60.2 Å². The first-order chi connectivity index (χ1) is 14.2. The Balaban J connectivity index is 1.63. The van der Waals surface area contributed by atoms with E-state index in [0.717, 1.165) is 36.6 Å². The Kier molecular flexibility index (Phi) is 7.67. The molecule has 3 rings (SSSR count). The van der Waals surface area contributed by atoms with E-state index in [2.05, 4.69) is 24.1 Å². The summed E-state index contributed by atoms with van der Waals surface area (Å²) >= 11 is 0. The van der Waals surface area contributed by atoms with Crippen LogP contribution < -0.4 is 10.1 Å². The predicted molar refractivity (Wildman–Crippen MR) is 117 cm³/mol. The minimum Gasteiger partial charge on any atom is -0.492 e. The summed E-state index contributed by atoms with van der Waals surface area (Å²) in [4.78, 5) is 15.6. The number of ether oxygens (including phenoxy) is 2. The maximum atomic E-state index is 13.3. The van der Waals surface area contributed by atoms with E-state index >= 15 is 0 Å². The normalized spacial score (nSPS) is 15.8. The van der Waals surface area contributed by atoms with Crippen LogP contribution in [0.2, 0.25) is 0 Å². The Morgan fingerprint density at radius 1 is 1.03 bits per heavy atom. The molecule has 29 heavy (non-hydrogen) atoms. The van der Waals surface area contributed by atoms with E-state index in [1.54, 1.807) is 0 Å². The Hall–Kier alpha value is -2.37. The van der Waals surface area contributed by atoms with Gasteiger partial charge in [-0.15, -0.1) is 0 Å². The molecule has 1 aliphatic heterocycles. The monoisotopic (exact) mass is 396 g/mol. The third kappa shape index (κ3) is 5.37. The molecular weight excluding hydrogens is 364 g/mol. The minimum atomic E-state index is -0.543. The van der Waals surface area contributed by atoms with Gasteiger partial charge in [-0.05, 0) is 55.8 Å². The fourth-order valence-corrected chi connectivity index (χ4v) is 3.84. The van der Waals surface area contributed by atoms with E-state index in [-0.39, 0.29) is 5.91 Å². The van der Waals surface area contributed by atoms with Gasteiger partial charge in [0.2, 0.25) is 5.91 Å². The molecule has 0 atom stereocenters. The van der Waals surface area contributed by atoms with Crippen molar-refractivity contribution in [2.45, 2.75) is 32.1 Å². The van der Waals surface area contributed by atoms with Crippen molar-refractivity contribution in [2.75, 3.05) is 44.8 Å². The highest BCUT2D eigenvalue weighted by atomic mass is 16.5. The van der Waals surface area contributed by atoms with Gasteiger partial charge in [0.15, 0.2) is 0 Å². The molecule has 0 bridgehead atoms. The molecule has 1 saturated heterocycles. The second-order valence-corrected chi connectivity index (χ2v) is 7.41. The SMILES string of the molecule is CCN(CC)CCOc1ccc(NC(=O)C2(c3ccccc3)CCOCC2)cc1. The number of nitrogens with one attached hydrogen (secondary N) is 1. The van der Waals surface area contributed by atoms with E-state index in [4.69, 9.17) is 9.47 Å². The number of rotatable bonds is 9. The molecule has 156 valence electrons. The summed E-state index contributed by atoms with van der Waals surface area (Å²) in [6.07, 6.45) is 1.38. The van der Waals surface area contributed by atoms with Crippen LogP contribution in [0.15, 0.2) is 54.6 Å². The van der Waals surface area contributed by atoms with E-state index in [1.807, 2.05) is 54.6 Å². The number of carbonyl (C=O) groups is 1. The van der Waals surface area contributed by atoms with Crippen molar-refractivity contribution in [3.63, 3.8) is 0 Å². The largest absolute Gasteiger partial charge is 0.492 e. The van der Waals surface area contributed by atoms with Gasteiger partial charge in [-0.2, -0.15) is 0 Å². The average Bonchev–Trinajstić information content (AvgIpc) is 2.79. The molecule has 2 aromatic rings. The maximum absolute atomic E-state index is 13.3. The van der Waals surface area contributed by atoms with Crippen LogP contribution >= 0.6 is 0 Å². The standard InChI is InChI=1S/C24H32N2O3/c1-3-26(4-2)16-19-29-22-12-10-21(11-13-22)25-23(27)24(14-17-28-18-15-24)20-8-6-5-7-9-20/h5-13H,3-4,14-19H2,1-2H3,(H,25,27). The molecule has 1 heterocycles. The Morgan fingerprint density at radius 2 is 1.69 bits per heavy atom. The topological polar surface area (TPSA) is 50.8 Å². The second-order valence-electron chi connectivity index (χ2n) is 7.41. The van der Waals surface area contributed by atoms with E-state index in [1.165, 1.54) is 0 Å². The molecule has 0 aromatic heterocycles. The number of benzene rings is 2. The summed E-state index contributed by atoms with van der Waals surface area (Å²) in [6, 6.07) is 17.7. The molecule has 0 aliphatic carbocycles. The number of hydrogen-bond acceptors (Lipinski definition) is 4. The summed E-state index contributed by atoms with van der Waals surface area (Å²) in [5, 5.41) is 3.11. The first-order valence-electron chi connectivity index (χ1n) is 10.6. The van der Waals surface area contributed by atoms with Crippen molar-refractivity contribution in [3.8, 4) is 5.75 Å². The minimum absolute atomic E-state index is 0.0298. The molecule has 0 saturated carbocycles. The van der Waals surface area contributed by atoms with Crippen molar-refractivity contribution in [2.24, 2.45) is 0 Å². The third-order valence-electron chi connectivity index (χ3n) is 5.79. The fourth-order valence-electron chi connectivity index (χ4n) is 3.84. The number of hydrogen-bond donors (Lipinski definition) is 1. The van der Waals surface area contributed by atoms with Crippen LogP contribution in [0.25, 0.3) is 0 Å². The highest BCUT2D eigenvalue weighted by Gasteiger charge is 2.41. The summed E-state index contributed by atoms with van der Waals surface area (Å²) in [7, 11) is 0. The van der Waals surface area contributed by atoms with Crippen molar-refractivity contribution < 1.29 is 14.3 Å².